The van der Waals surface area contributed by atoms with E-state index in [4.69, 9.17) is 5.11 Å². The fraction of sp³-hybridized carbons (Fsp3) is 0.800. The van der Waals surface area contributed by atoms with Crippen molar-refractivity contribution in [2.45, 2.75) is 62.7 Å². The Balaban J connectivity index is 5.16. The Labute approximate surface area is 145 Å². The summed E-state index contributed by atoms with van der Waals surface area (Å²) in [5.74, 6) is -25.0. The number of hydrogen-bond acceptors (Lipinski definition) is 3. The van der Waals surface area contributed by atoms with Crippen molar-refractivity contribution in [3.05, 3.63) is 12.2 Å². The fourth-order valence-corrected chi connectivity index (χ4v) is 1.81. The Morgan fingerprint density at radius 2 is 1.38 bits per heavy atom. The van der Waals surface area contributed by atoms with Crippen LogP contribution in [0.15, 0.2) is 12.2 Å². The fourth-order valence-electron chi connectivity index (χ4n) is 1.81. The van der Waals surface area contributed by atoms with E-state index >= 15 is 0 Å². The molecule has 0 aromatic carbocycles. The maximum atomic E-state index is 13.6. The topological polar surface area (TPSA) is 46.5 Å². The van der Waals surface area contributed by atoms with E-state index in [0.717, 1.165) is 0 Å². The van der Waals surface area contributed by atoms with Gasteiger partial charge in [-0.25, -0.2) is 4.79 Å². The van der Waals surface area contributed by atoms with Crippen LogP contribution in [0.25, 0.3) is 0 Å². The second-order valence-corrected chi connectivity index (χ2v) is 5.66. The van der Waals surface area contributed by atoms with Crippen LogP contribution in [0, 0.1) is 0 Å². The third-order valence-electron chi connectivity index (χ3n) is 3.54. The van der Waals surface area contributed by atoms with Crippen molar-refractivity contribution in [2.24, 2.45) is 0 Å². The SMILES string of the molecule is C=C(CO)C(=O)OCCC(F)(F)C(F)(F)C(F)(F)C(F)(F)CCCCC. The van der Waals surface area contributed by atoms with E-state index in [-0.39, 0.29) is 6.42 Å². The van der Waals surface area contributed by atoms with Gasteiger partial charge in [0.05, 0.1) is 25.2 Å². The predicted octanol–water partition coefficient (Wildman–Crippen LogP) is 4.59. The van der Waals surface area contributed by atoms with Crippen LogP contribution >= 0.6 is 0 Å². The van der Waals surface area contributed by atoms with Gasteiger partial charge in [-0.1, -0.05) is 26.3 Å². The standard InChI is InChI=1S/C15H20F8O3/c1-3-4-5-6-12(16,17)14(20,21)15(22,23)13(18,19)7-8-26-11(25)10(2)9-24/h24H,2-9H2,1H3. The molecule has 3 nitrogen and oxygen atoms in total. The Morgan fingerprint density at radius 3 is 1.81 bits per heavy atom. The highest BCUT2D eigenvalue weighted by atomic mass is 19.4. The van der Waals surface area contributed by atoms with Crippen molar-refractivity contribution in [2.75, 3.05) is 13.2 Å². The van der Waals surface area contributed by atoms with Crippen LogP contribution in [-0.4, -0.2) is 48.0 Å². The summed E-state index contributed by atoms with van der Waals surface area (Å²) < 4.78 is 112. The molecule has 154 valence electrons. The zero-order chi connectivity index (χ0) is 20.8. The molecule has 0 atom stereocenters. The molecular formula is C15H20F8O3. The molecule has 0 unspecified atom stereocenters. The molecular weight excluding hydrogens is 380 g/mol. The first kappa shape index (κ1) is 24.6. The predicted molar refractivity (Wildman–Crippen MR) is 75.7 cm³/mol. The maximum Gasteiger partial charge on any atom is 0.378 e. The number of aliphatic hydroxyl groups excluding tert-OH is 1. The summed E-state index contributed by atoms with van der Waals surface area (Å²) in [5, 5.41) is 8.53. The molecule has 0 aromatic heterocycles. The number of halogens is 8. The van der Waals surface area contributed by atoms with E-state index in [1.54, 1.807) is 6.92 Å². The van der Waals surface area contributed by atoms with Gasteiger partial charge in [-0.05, 0) is 6.42 Å². The smallest absolute Gasteiger partial charge is 0.378 e. The molecule has 0 bridgehead atoms. The minimum Gasteiger partial charge on any atom is -0.462 e. The Hall–Kier alpha value is -1.39. The first-order valence-electron chi connectivity index (χ1n) is 7.65. The molecule has 0 aliphatic heterocycles. The van der Waals surface area contributed by atoms with Crippen molar-refractivity contribution >= 4 is 5.97 Å². The van der Waals surface area contributed by atoms with Crippen LogP contribution in [0.5, 0.6) is 0 Å². The molecule has 0 heterocycles. The van der Waals surface area contributed by atoms with Crippen LogP contribution in [0.4, 0.5) is 35.1 Å². The van der Waals surface area contributed by atoms with Crippen LogP contribution in [0.3, 0.4) is 0 Å². The Morgan fingerprint density at radius 1 is 0.923 bits per heavy atom. The van der Waals surface area contributed by atoms with Gasteiger partial charge in [0.25, 0.3) is 0 Å². The number of carbonyl (C=O) groups is 1. The summed E-state index contributed by atoms with van der Waals surface area (Å²) in [4.78, 5) is 11.0. The monoisotopic (exact) mass is 400 g/mol. The van der Waals surface area contributed by atoms with Gasteiger partial charge in [-0.15, -0.1) is 0 Å². The molecule has 0 amide bonds. The lowest BCUT2D eigenvalue weighted by atomic mass is 9.93. The van der Waals surface area contributed by atoms with Gasteiger partial charge in [-0.3, -0.25) is 0 Å². The molecule has 0 radical (unpaired) electrons. The second-order valence-electron chi connectivity index (χ2n) is 5.66. The average molecular weight is 400 g/mol. The number of hydrogen-bond donors (Lipinski definition) is 1. The van der Waals surface area contributed by atoms with Crippen molar-refractivity contribution in [1.82, 2.24) is 0 Å². The second kappa shape index (κ2) is 9.01. The van der Waals surface area contributed by atoms with Gasteiger partial charge >= 0.3 is 29.7 Å². The lowest BCUT2D eigenvalue weighted by Gasteiger charge is -2.36. The number of alkyl halides is 8. The average Bonchev–Trinajstić information content (AvgIpc) is 2.53. The molecule has 0 aliphatic carbocycles. The zero-order valence-electron chi connectivity index (χ0n) is 13.9. The van der Waals surface area contributed by atoms with E-state index in [0.29, 0.717) is 6.42 Å². The highest BCUT2D eigenvalue weighted by Gasteiger charge is 2.79. The quantitative estimate of drug-likeness (QED) is 0.226. The number of unbranched alkanes of at least 4 members (excludes halogenated alkanes) is 2. The summed E-state index contributed by atoms with van der Waals surface area (Å²) in [5.41, 5.74) is -0.590. The van der Waals surface area contributed by atoms with Gasteiger partial charge in [0.1, 0.15) is 0 Å². The lowest BCUT2D eigenvalue weighted by molar-refractivity contribution is -0.368. The molecule has 0 fully saturated rings. The lowest BCUT2D eigenvalue weighted by Crippen LogP contribution is -2.62. The van der Waals surface area contributed by atoms with Crippen molar-refractivity contribution in [1.29, 1.82) is 0 Å². The van der Waals surface area contributed by atoms with Crippen LogP contribution in [0.2, 0.25) is 0 Å². The largest absolute Gasteiger partial charge is 0.462 e. The van der Waals surface area contributed by atoms with E-state index < -0.39 is 67.7 Å². The highest BCUT2D eigenvalue weighted by Crippen LogP contribution is 2.54. The van der Waals surface area contributed by atoms with Crippen molar-refractivity contribution < 1.29 is 49.8 Å². The van der Waals surface area contributed by atoms with E-state index in [1.807, 2.05) is 0 Å². The first-order valence-corrected chi connectivity index (χ1v) is 7.65. The summed E-state index contributed by atoms with van der Waals surface area (Å²) in [7, 11) is 0. The molecule has 0 saturated carbocycles. The third-order valence-corrected chi connectivity index (χ3v) is 3.54. The summed E-state index contributed by atoms with van der Waals surface area (Å²) >= 11 is 0. The molecule has 0 spiro atoms. The molecule has 11 heteroatoms. The van der Waals surface area contributed by atoms with Gasteiger partial charge in [-0.2, -0.15) is 35.1 Å². The van der Waals surface area contributed by atoms with E-state index in [1.165, 1.54) is 0 Å². The molecule has 0 aromatic rings. The Bertz CT molecular complexity index is 491. The van der Waals surface area contributed by atoms with Crippen LogP contribution in [-0.2, 0) is 9.53 Å². The van der Waals surface area contributed by atoms with Gasteiger partial charge in [0.15, 0.2) is 0 Å². The van der Waals surface area contributed by atoms with Crippen molar-refractivity contribution in [3.63, 3.8) is 0 Å². The van der Waals surface area contributed by atoms with Crippen LogP contribution < -0.4 is 0 Å². The van der Waals surface area contributed by atoms with Gasteiger partial charge in [0, 0.05) is 6.42 Å². The molecule has 26 heavy (non-hydrogen) atoms. The normalized spacial score (nSPS) is 13.6. The first-order chi connectivity index (χ1) is 11.7. The van der Waals surface area contributed by atoms with Gasteiger partial charge in [0.2, 0.25) is 0 Å². The molecule has 0 saturated heterocycles. The molecule has 1 N–H and O–H groups in total. The maximum absolute atomic E-state index is 13.6. The third kappa shape index (κ3) is 5.31. The zero-order valence-corrected chi connectivity index (χ0v) is 13.9. The number of rotatable bonds is 12. The number of carbonyl (C=O) groups excluding carboxylic acids is 1. The number of esters is 1. The number of aliphatic hydroxyl groups is 1. The van der Waals surface area contributed by atoms with Crippen LogP contribution in [0.1, 0.15) is 39.0 Å². The number of ether oxygens (including phenoxy) is 1. The van der Waals surface area contributed by atoms with E-state index in [9.17, 15) is 39.9 Å². The Kier molecular flexibility index (Phi) is 8.52. The molecule has 0 rings (SSSR count). The van der Waals surface area contributed by atoms with E-state index in [2.05, 4.69) is 11.3 Å². The van der Waals surface area contributed by atoms with Crippen molar-refractivity contribution in [3.8, 4) is 0 Å². The van der Waals surface area contributed by atoms with Gasteiger partial charge < -0.3 is 9.84 Å². The minimum absolute atomic E-state index is 0.0400. The highest BCUT2D eigenvalue weighted by molar-refractivity contribution is 5.87. The summed E-state index contributed by atoms with van der Waals surface area (Å²) in [6.45, 7) is 2.14. The summed E-state index contributed by atoms with van der Waals surface area (Å²) in [6, 6.07) is 0. The minimum atomic E-state index is -6.38. The molecule has 0 aliphatic rings. The summed E-state index contributed by atoms with van der Waals surface area (Å²) in [6.07, 6.45) is -3.96.